The van der Waals surface area contributed by atoms with Gasteiger partial charge in [-0.05, 0) is 29.8 Å². The lowest BCUT2D eigenvalue weighted by Crippen LogP contribution is -2.49. The smallest absolute Gasteiger partial charge is 0.255 e. The molecule has 4 rings (SSSR count). The fourth-order valence-electron chi connectivity index (χ4n) is 3.18. The highest BCUT2D eigenvalue weighted by atomic mass is 79.9. The van der Waals surface area contributed by atoms with Gasteiger partial charge in [0, 0.05) is 23.0 Å². The summed E-state index contributed by atoms with van der Waals surface area (Å²) < 4.78 is 0.994. The summed E-state index contributed by atoms with van der Waals surface area (Å²) in [7, 11) is 0. The molecule has 1 amide bonds. The number of Topliss-reactive ketones (excluding diaryl/α,β-unsaturated/α-hetero) is 1. The van der Waals surface area contributed by atoms with E-state index in [9.17, 15) is 9.59 Å². The number of halogens is 1. The van der Waals surface area contributed by atoms with Crippen LogP contribution >= 0.6 is 15.9 Å². The second-order valence-electron chi connectivity index (χ2n) is 5.50. The molecule has 5 heteroatoms. The highest BCUT2D eigenvalue weighted by molar-refractivity contribution is 9.10. The first kappa shape index (κ1) is 13.5. The number of carbonyl (C=O) groups excluding carboxylic acids is 2. The van der Waals surface area contributed by atoms with Crippen LogP contribution in [0.5, 0.6) is 0 Å². The second kappa shape index (κ2) is 4.95. The van der Waals surface area contributed by atoms with Crippen LogP contribution in [-0.2, 0) is 0 Å². The Hall–Kier alpha value is -2.14. The zero-order chi connectivity index (χ0) is 15.3. The Balaban J connectivity index is 1.87. The number of amides is 1. The van der Waals surface area contributed by atoms with Gasteiger partial charge in [0.1, 0.15) is 6.17 Å². The summed E-state index contributed by atoms with van der Waals surface area (Å²) in [6, 6.07) is 13.2. The van der Waals surface area contributed by atoms with E-state index in [0.29, 0.717) is 24.1 Å². The third-order valence-corrected chi connectivity index (χ3v) is 4.74. The van der Waals surface area contributed by atoms with E-state index in [0.717, 1.165) is 15.7 Å². The summed E-state index contributed by atoms with van der Waals surface area (Å²) in [6.07, 6.45) is 0.238. The minimum absolute atomic E-state index is 0.109. The molecule has 4 nitrogen and oxygen atoms in total. The molecule has 0 spiro atoms. The van der Waals surface area contributed by atoms with E-state index in [1.807, 2.05) is 30.3 Å². The number of nitrogens with zero attached hydrogens (tertiary/aromatic N) is 1. The number of para-hydroxylation sites is 1. The lowest BCUT2D eigenvalue weighted by Gasteiger charge is -2.42. The predicted octanol–water partition coefficient (Wildman–Crippen LogP) is 3.28. The number of rotatable bonds is 1. The monoisotopic (exact) mass is 356 g/mol. The van der Waals surface area contributed by atoms with Crippen molar-refractivity contribution < 1.29 is 9.59 Å². The Morgan fingerprint density at radius 3 is 2.55 bits per heavy atom. The second-order valence-corrected chi connectivity index (χ2v) is 6.41. The molecule has 2 aromatic carbocycles. The summed E-state index contributed by atoms with van der Waals surface area (Å²) in [5.41, 5.74) is 3.02. The van der Waals surface area contributed by atoms with Gasteiger partial charge < -0.3 is 10.2 Å². The average molecular weight is 357 g/mol. The fourth-order valence-corrected chi connectivity index (χ4v) is 3.44. The van der Waals surface area contributed by atoms with Gasteiger partial charge in [-0.1, -0.05) is 34.1 Å². The van der Waals surface area contributed by atoms with Crippen molar-refractivity contribution in [2.24, 2.45) is 0 Å². The van der Waals surface area contributed by atoms with Crippen LogP contribution in [0.3, 0.4) is 0 Å². The van der Waals surface area contributed by atoms with Crippen molar-refractivity contribution in [3.05, 3.63) is 63.6 Å². The van der Waals surface area contributed by atoms with Crippen molar-refractivity contribution in [2.75, 3.05) is 11.4 Å². The largest absolute Gasteiger partial charge is 0.346 e. The first-order valence-corrected chi connectivity index (χ1v) is 7.93. The van der Waals surface area contributed by atoms with Gasteiger partial charge >= 0.3 is 0 Å². The molecule has 0 bridgehead atoms. The van der Waals surface area contributed by atoms with Crippen molar-refractivity contribution in [1.29, 1.82) is 0 Å². The number of carbonyl (C=O) groups is 2. The van der Waals surface area contributed by atoms with Gasteiger partial charge in [0.05, 0.1) is 11.3 Å². The van der Waals surface area contributed by atoms with Crippen LogP contribution in [0.1, 0.15) is 38.9 Å². The van der Waals surface area contributed by atoms with Crippen molar-refractivity contribution in [3.63, 3.8) is 0 Å². The topological polar surface area (TPSA) is 49.4 Å². The minimum Gasteiger partial charge on any atom is -0.346 e. The van der Waals surface area contributed by atoms with Crippen molar-refractivity contribution in [2.45, 2.75) is 12.6 Å². The molecule has 1 N–H and O–H groups in total. The number of ketones is 1. The molecule has 110 valence electrons. The van der Waals surface area contributed by atoms with E-state index in [1.165, 1.54) is 0 Å². The van der Waals surface area contributed by atoms with E-state index < -0.39 is 0 Å². The summed E-state index contributed by atoms with van der Waals surface area (Å²) in [5.74, 6) is -0.0203. The van der Waals surface area contributed by atoms with Crippen LogP contribution in [-0.4, -0.2) is 18.2 Å². The Kier molecular flexibility index (Phi) is 3.04. The number of benzene rings is 2. The van der Waals surface area contributed by atoms with Crippen LogP contribution in [0.2, 0.25) is 0 Å². The first-order valence-electron chi connectivity index (χ1n) is 7.14. The summed E-state index contributed by atoms with van der Waals surface area (Å²) in [6.45, 7) is 0.615. The molecule has 0 aliphatic carbocycles. The maximum absolute atomic E-state index is 12.4. The molecule has 0 aromatic heterocycles. The summed E-state index contributed by atoms with van der Waals surface area (Å²) in [4.78, 5) is 26.7. The van der Waals surface area contributed by atoms with Gasteiger partial charge in [-0.25, -0.2) is 0 Å². The maximum Gasteiger partial charge on any atom is 0.255 e. The Bertz CT molecular complexity index is 771. The number of hydrogen-bond donors (Lipinski definition) is 1. The number of nitrogens with one attached hydrogen (secondary N) is 1. The quantitative estimate of drug-likeness (QED) is 0.852. The molecule has 2 aromatic rings. The van der Waals surface area contributed by atoms with E-state index >= 15 is 0 Å². The molecule has 2 aliphatic rings. The lowest BCUT2D eigenvalue weighted by atomic mass is 9.92. The highest BCUT2D eigenvalue weighted by Gasteiger charge is 2.37. The molecule has 1 atom stereocenters. The molecular weight excluding hydrogens is 344 g/mol. The van der Waals surface area contributed by atoms with Crippen LogP contribution in [0, 0.1) is 0 Å². The van der Waals surface area contributed by atoms with E-state index in [4.69, 9.17) is 0 Å². The third kappa shape index (κ3) is 1.96. The first-order chi connectivity index (χ1) is 10.6. The van der Waals surface area contributed by atoms with Crippen LogP contribution in [0.25, 0.3) is 0 Å². The van der Waals surface area contributed by atoms with Crippen molar-refractivity contribution in [1.82, 2.24) is 5.32 Å². The van der Waals surface area contributed by atoms with Gasteiger partial charge in [0.15, 0.2) is 5.78 Å². The van der Waals surface area contributed by atoms with Crippen LogP contribution < -0.4 is 10.2 Å². The normalized spacial score (nSPS) is 19.7. The molecular formula is C17H13BrN2O2. The molecule has 1 unspecified atom stereocenters. The Labute approximate surface area is 136 Å². The highest BCUT2D eigenvalue weighted by Crippen LogP contribution is 2.39. The van der Waals surface area contributed by atoms with Gasteiger partial charge in [-0.3, -0.25) is 9.59 Å². The molecule has 0 radical (unpaired) electrons. The molecule has 0 saturated carbocycles. The van der Waals surface area contributed by atoms with Gasteiger partial charge in [-0.15, -0.1) is 0 Å². The molecule has 2 aliphatic heterocycles. The third-order valence-electron chi connectivity index (χ3n) is 4.21. The SMILES string of the molecule is O=C1CCN2c3c1cccc3C(=O)NC2c1ccc(Br)cc1. The standard InChI is InChI=1S/C17H13BrN2O2/c18-11-6-4-10(5-7-11)16-19-17(22)13-3-1-2-12-14(21)8-9-20(16)15(12)13/h1-7,16H,8-9H2,(H,19,22). The Morgan fingerprint density at radius 1 is 1.05 bits per heavy atom. The van der Waals surface area contributed by atoms with E-state index in [2.05, 4.69) is 26.1 Å². The molecule has 22 heavy (non-hydrogen) atoms. The summed E-state index contributed by atoms with van der Waals surface area (Å²) in [5, 5.41) is 3.05. The van der Waals surface area contributed by atoms with Crippen molar-refractivity contribution >= 4 is 33.3 Å². The van der Waals surface area contributed by atoms with Crippen LogP contribution in [0.15, 0.2) is 46.9 Å². The van der Waals surface area contributed by atoms with Crippen LogP contribution in [0.4, 0.5) is 5.69 Å². The summed E-state index contributed by atoms with van der Waals surface area (Å²) >= 11 is 3.42. The zero-order valence-corrected chi connectivity index (χ0v) is 13.3. The van der Waals surface area contributed by atoms with Gasteiger partial charge in [0.25, 0.3) is 5.91 Å². The molecule has 2 heterocycles. The fraction of sp³-hybridized carbons (Fsp3) is 0.176. The molecule has 0 fully saturated rings. The minimum atomic E-state index is -0.234. The predicted molar refractivity (Wildman–Crippen MR) is 87.1 cm³/mol. The Morgan fingerprint density at radius 2 is 1.77 bits per heavy atom. The molecule has 0 saturated heterocycles. The van der Waals surface area contributed by atoms with Gasteiger partial charge in [-0.2, -0.15) is 0 Å². The van der Waals surface area contributed by atoms with Crippen molar-refractivity contribution in [3.8, 4) is 0 Å². The number of anilines is 1. The van der Waals surface area contributed by atoms with Gasteiger partial charge in [0.2, 0.25) is 0 Å². The lowest BCUT2D eigenvalue weighted by molar-refractivity contribution is 0.0921. The van der Waals surface area contributed by atoms with E-state index in [1.54, 1.807) is 12.1 Å². The average Bonchev–Trinajstić information content (AvgIpc) is 2.53. The number of hydrogen-bond acceptors (Lipinski definition) is 3. The zero-order valence-electron chi connectivity index (χ0n) is 11.7. The maximum atomic E-state index is 12.4. The van der Waals surface area contributed by atoms with E-state index in [-0.39, 0.29) is 17.9 Å².